The Morgan fingerprint density at radius 1 is 0.754 bits per heavy atom. The molecule has 2 amide bonds. The molecule has 0 saturated carbocycles. The van der Waals surface area contributed by atoms with Crippen LogP contribution in [0.15, 0.2) is 72.8 Å². The molecule has 0 fully saturated rings. The summed E-state index contributed by atoms with van der Waals surface area (Å²) in [5.41, 5.74) is 4.64. The fraction of sp³-hybridized carbons (Fsp3) is 0.350. The molecule has 4 aliphatic rings. The smallest absolute Gasteiger partial charge is 0.288 e. The van der Waals surface area contributed by atoms with Crippen LogP contribution in [0.1, 0.15) is 31.8 Å². The molecule has 4 atom stereocenters. The van der Waals surface area contributed by atoms with Gasteiger partial charge in [0.2, 0.25) is 0 Å². The van der Waals surface area contributed by atoms with E-state index in [9.17, 15) is 32.2 Å². The third-order valence-corrected chi connectivity index (χ3v) is 15.2. The van der Waals surface area contributed by atoms with E-state index in [-0.39, 0.29) is 79.4 Å². The van der Waals surface area contributed by atoms with Crippen molar-refractivity contribution in [2.24, 2.45) is 0 Å². The van der Waals surface area contributed by atoms with E-state index in [0.717, 1.165) is 23.2 Å². The normalized spacial score (nSPS) is 20.2. The SMILES string of the molecule is COc1cc2c(cc1OCCP(=O)(CCO)CCOc1cc3c(cc1OC)C(=O)N1c4ccccc4C[C@H]1C(S(=O)(=O)O)N3)NC[C@@H]1Cc3ccccc3N1C2=O. The Morgan fingerprint density at radius 2 is 1.30 bits per heavy atom. The van der Waals surface area contributed by atoms with E-state index in [1.54, 1.807) is 30.3 Å². The molecule has 8 rings (SSSR count). The van der Waals surface area contributed by atoms with Gasteiger partial charge in [0.15, 0.2) is 28.4 Å². The second kappa shape index (κ2) is 15.2. The predicted molar refractivity (Wildman–Crippen MR) is 215 cm³/mol. The van der Waals surface area contributed by atoms with Crippen LogP contribution < -0.4 is 39.4 Å². The summed E-state index contributed by atoms with van der Waals surface area (Å²) >= 11 is 0. The Labute approximate surface area is 330 Å². The number of hydrogen-bond acceptors (Lipinski definition) is 12. The molecule has 300 valence electrons. The number of aliphatic hydroxyl groups excluding tert-OH is 1. The van der Waals surface area contributed by atoms with Crippen molar-refractivity contribution in [2.75, 3.05) is 79.5 Å². The first kappa shape index (κ1) is 38.6. The number of carbonyl (C=O) groups excluding carboxylic acids is 2. The summed E-state index contributed by atoms with van der Waals surface area (Å²) in [5.74, 6) is 0.440. The third-order valence-electron chi connectivity index (χ3n) is 11.1. The van der Waals surface area contributed by atoms with E-state index >= 15 is 0 Å². The third kappa shape index (κ3) is 7.15. The van der Waals surface area contributed by atoms with E-state index in [1.807, 2.05) is 35.2 Å². The zero-order valence-corrected chi connectivity index (χ0v) is 33.1. The van der Waals surface area contributed by atoms with Gasteiger partial charge in [-0.2, -0.15) is 8.42 Å². The second-order valence-corrected chi connectivity index (χ2v) is 19.4. The van der Waals surface area contributed by atoms with Crippen LogP contribution in [0.2, 0.25) is 0 Å². The Balaban J connectivity index is 0.962. The number of methoxy groups -OCH3 is 2. The number of anilines is 4. The number of ether oxygens (including phenoxy) is 4. The number of carbonyl (C=O) groups is 2. The molecule has 57 heavy (non-hydrogen) atoms. The summed E-state index contributed by atoms with van der Waals surface area (Å²) in [7, 11) is -4.89. The number of hydrogen-bond donors (Lipinski definition) is 4. The molecule has 0 saturated heterocycles. The quantitative estimate of drug-likeness (QED) is 0.107. The number of aliphatic hydroxyl groups is 1. The van der Waals surface area contributed by atoms with Gasteiger partial charge in [-0.05, 0) is 48.2 Å². The molecule has 0 spiro atoms. The maximum Gasteiger partial charge on any atom is 0.288 e. The number of amides is 2. The van der Waals surface area contributed by atoms with E-state index in [4.69, 9.17) is 18.9 Å². The fourth-order valence-electron chi connectivity index (χ4n) is 8.27. The van der Waals surface area contributed by atoms with Gasteiger partial charge in [0.05, 0.1) is 69.2 Å². The Kier molecular flexibility index (Phi) is 10.3. The molecule has 4 aliphatic heterocycles. The van der Waals surface area contributed by atoms with Crippen LogP contribution in [0, 0.1) is 0 Å². The van der Waals surface area contributed by atoms with Crippen molar-refractivity contribution in [2.45, 2.75) is 30.3 Å². The maximum atomic E-state index is 14.1. The van der Waals surface area contributed by atoms with Crippen LogP contribution in [0.5, 0.6) is 23.0 Å². The lowest BCUT2D eigenvalue weighted by Gasteiger charge is -2.27. The highest BCUT2D eigenvalue weighted by molar-refractivity contribution is 7.86. The number of para-hydroxylation sites is 2. The highest BCUT2D eigenvalue weighted by Gasteiger charge is 2.47. The van der Waals surface area contributed by atoms with Crippen molar-refractivity contribution in [1.82, 2.24) is 0 Å². The fourth-order valence-corrected chi connectivity index (χ4v) is 11.0. The van der Waals surface area contributed by atoms with Gasteiger partial charge in [-0.1, -0.05) is 36.4 Å². The molecule has 15 nitrogen and oxygen atoms in total. The van der Waals surface area contributed by atoms with Crippen LogP contribution in [0.4, 0.5) is 22.7 Å². The zero-order valence-electron chi connectivity index (χ0n) is 31.3. The summed E-state index contributed by atoms with van der Waals surface area (Å²) in [6, 6.07) is 20.3. The molecule has 4 aromatic rings. The van der Waals surface area contributed by atoms with Crippen molar-refractivity contribution < 1.29 is 51.2 Å². The zero-order chi connectivity index (χ0) is 40.1. The van der Waals surface area contributed by atoms with Crippen molar-refractivity contribution in [3.05, 3.63) is 95.1 Å². The largest absolute Gasteiger partial charge is 0.493 e. The molecule has 4 aromatic carbocycles. The number of fused-ring (bicyclic) bond motifs is 8. The van der Waals surface area contributed by atoms with Gasteiger partial charge in [-0.3, -0.25) is 14.1 Å². The van der Waals surface area contributed by atoms with Crippen LogP contribution in [0.3, 0.4) is 0 Å². The molecule has 4 N–H and O–H groups in total. The highest BCUT2D eigenvalue weighted by Crippen LogP contribution is 2.47. The first-order valence-corrected chi connectivity index (χ1v) is 22.4. The van der Waals surface area contributed by atoms with Crippen molar-refractivity contribution >= 4 is 51.8 Å². The summed E-state index contributed by atoms with van der Waals surface area (Å²) < 4.78 is 73.2. The average molecular weight is 819 g/mol. The van der Waals surface area contributed by atoms with Gasteiger partial charge in [0.25, 0.3) is 21.9 Å². The van der Waals surface area contributed by atoms with Crippen molar-refractivity contribution in [3.63, 3.8) is 0 Å². The Morgan fingerprint density at radius 3 is 1.89 bits per heavy atom. The van der Waals surface area contributed by atoms with Gasteiger partial charge >= 0.3 is 0 Å². The van der Waals surface area contributed by atoms with E-state index in [0.29, 0.717) is 35.0 Å². The van der Waals surface area contributed by atoms with Crippen LogP contribution in [-0.4, -0.2) is 106 Å². The number of benzene rings is 4. The lowest BCUT2D eigenvalue weighted by molar-refractivity contribution is 0.0974. The minimum absolute atomic E-state index is 0.0158. The Hall–Kier alpha value is -5.28. The minimum atomic E-state index is -4.69. The van der Waals surface area contributed by atoms with E-state index < -0.39 is 34.6 Å². The molecule has 0 aromatic heterocycles. The number of nitrogens with zero attached hydrogens (tertiary/aromatic N) is 2. The molecule has 4 heterocycles. The molecular formula is C40H43N4O11PS. The van der Waals surface area contributed by atoms with Gasteiger partial charge in [0.1, 0.15) is 0 Å². The van der Waals surface area contributed by atoms with E-state index in [1.165, 1.54) is 31.3 Å². The molecule has 0 radical (unpaired) electrons. The lowest BCUT2D eigenvalue weighted by Crippen LogP contribution is -2.49. The Bertz CT molecular complexity index is 2410. The van der Waals surface area contributed by atoms with E-state index in [2.05, 4.69) is 10.6 Å². The molecule has 2 unspecified atom stereocenters. The molecule has 0 aliphatic carbocycles. The summed E-state index contributed by atoms with van der Waals surface area (Å²) in [4.78, 5) is 31.0. The first-order valence-electron chi connectivity index (χ1n) is 18.6. The minimum Gasteiger partial charge on any atom is -0.493 e. The molecule has 17 heteroatoms. The monoisotopic (exact) mass is 818 g/mol. The van der Waals surface area contributed by atoms with Gasteiger partial charge < -0.3 is 49.1 Å². The average Bonchev–Trinajstić information content (AvgIpc) is 3.69. The summed E-state index contributed by atoms with van der Waals surface area (Å²) in [6.07, 6.45) is 1.12. The number of rotatable bonds is 13. The summed E-state index contributed by atoms with van der Waals surface area (Å²) in [5, 5.41) is 14.6. The van der Waals surface area contributed by atoms with Gasteiger partial charge in [0, 0.05) is 55.1 Å². The van der Waals surface area contributed by atoms with Crippen LogP contribution in [0.25, 0.3) is 0 Å². The van der Waals surface area contributed by atoms with Crippen molar-refractivity contribution in [3.8, 4) is 23.0 Å². The van der Waals surface area contributed by atoms with Crippen molar-refractivity contribution in [1.29, 1.82) is 0 Å². The second-order valence-electron chi connectivity index (χ2n) is 14.4. The standard InChI is InChI=1S/C40H43N4O11PS/c1-52-34-19-27-29(41-23-26-17-24-7-3-5-9-31(24)43(26)39(27)46)21-36(34)54-12-15-56(48,14-11-45)16-13-55-37-22-30-28(20-35(37)53-2)40(47)44-32-10-6-4-8-25(32)18-33(44)38(42-30)57(49,50)51/h3-10,19-22,26,33,38,41-42,45H,11-18,23H2,1-2H3,(H,49,50,51)/t26-,33-,38?,56?/m0/s1. The lowest BCUT2D eigenvalue weighted by atomic mass is 10.1. The summed E-state index contributed by atoms with van der Waals surface area (Å²) in [6.45, 7) is 0.173. The first-order chi connectivity index (χ1) is 27.4. The maximum absolute atomic E-state index is 14.1. The highest BCUT2D eigenvalue weighted by atomic mass is 32.2. The topological polar surface area (TPSA) is 193 Å². The van der Waals surface area contributed by atoms with Gasteiger partial charge in [-0.15, -0.1) is 0 Å². The molecular weight excluding hydrogens is 775 g/mol. The van der Waals surface area contributed by atoms with Crippen LogP contribution >= 0.6 is 7.14 Å². The predicted octanol–water partition coefficient (Wildman–Crippen LogP) is 4.72. The number of nitrogens with one attached hydrogen (secondary N) is 2. The van der Waals surface area contributed by atoms with Gasteiger partial charge in [-0.25, -0.2) is 0 Å². The van der Waals surface area contributed by atoms with Crippen LogP contribution in [-0.2, 0) is 27.5 Å². The molecule has 0 bridgehead atoms.